The molecule has 0 fully saturated rings. The summed E-state index contributed by atoms with van der Waals surface area (Å²) in [4.78, 5) is 0. The van der Waals surface area contributed by atoms with E-state index in [-0.39, 0.29) is 6.61 Å². The Morgan fingerprint density at radius 1 is 1.53 bits per heavy atom. The number of hydrogen-bond donors (Lipinski definition) is 2. The second kappa shape index (κ2) is 4.96. The molecule has 0 bridgehead atoms. The second-order valence-corrected chi connectivity index (χ2v) is 4.81. The number of methoxy groups -OCH3 is 1. The fraction of sp³-hybridized carbons (Fsp3) is 0.455. The number of aliphatic hydroxyl groups is 1. The van der Waals surface area contributed by atoms with Crippen LogP contribution in [0.3, 0.4) is 0 Å². The maximum absolute atomic E-state index is 9.06. The van der Waals surface area contributed by atoms with Crippen LogP contribution < -0.4 is 10.5 Å². The molecule has 1 rings (SSSR count). The molecule has 1 aromatic rings. The molecular formula is C11H16BrNO2. The molecule has 0 spiro atoms. The first kappa shape index (κ1) is 12.5. The van der Waals surface area contributed by atoms with Crippen LogP contribution in [-0.4, -0.2) is 24.4 Å². The molecule has 0 heterocycles. The van der Waals surface area contributed by atoms with Crippen LogP contribution in [0.5, 0.6) is 5.75 Å². The molecule has 3 nitrogen and oxygen atoms in total. The van der Waals surface area contributed by atoms with E-state index in [4.69, 9.17) is 15.6 Å². The Kier molecular flexibility index (Phi) is 4.13. The molecule has 0 saturated heterocycles. The van der Waals surface area contributed by atoms with E-state index in [1.807, 2.05) is 25.1 Å². The Labute approximate surface area is 98.4 Å². The van der Waals surface area contributed by atoms with Crippen molar-refractivity contribution in [1.82, 2.24) is 0 Å². The predicted octanol–water partition coefficient (Wildman–Crippen LogP) is 1.71. The molecule has 0 amide bonds. The summed E-state index contributed by atoms with van der Waals surface area (Å²) in [5, 5.41) is 9.06. The summed E-state index contributed by atoms with van der Waals surface area (Å²) in [6.45, 7) is 1.79. The van der Waals surface area contributed by atoms with Crippen LogP contribution in [0.2, 0.25) is 0 Å². The third kappa shape index (κ3) is 3.48. The number of nitrogens with two attached hydrogens (primary N) is 1. The van der Waals surface area contributed by atoms with E-state index in [0.717, 1.165) is 15.8 Å². The van der Waals surface area contributed by atoms with Crippen molar-refractivity contribution in [3.63, 3.8) is 0 Å². The van der Waals surface area contributed by atoms with Gasteiger partial charge < -0.3 is 15.6 Å². The molecule has 0 saturated carbocycles. The Hall–Kier alpha value is -0.580. The average Bonchev–Trinajstić information content (AvgIpc) is 2.17. The van der Waals surface area contributed by atoms with Crippen molar-refractivity contribution in [3.05, 3.63) is 28.2 Å². The number of hydrogen-bond acceptors (Lipinski definition) is 3. The summed E-state index contributed by atoms with van der Waals surface area (Å²) >= 11 is 3.41. The van der Waals surface area contributed by atoms with Crippen molar-refractivity contribution in [2.75, 3.05) is 13.7 Å². The van der Waals surface area contributed by atoms with Crippen LogP contribution in [0.15, 0.2) is 22.7 Å². The molecular weight excluding hydrogens is 258 g/mol. The summed E-state index contributed by atoms with van der Waals surface area (Å²) in [7, 11) is 1.63. The molecule has 0 aliphatic rings. The third-order valence-electron chi connectivity index (χ3n) is 2.19. The van der Waals surface area contributed by atoms with Gasteiger partial charge in [0.1, 0.15) is 5.75 Å². The zero-order chi connectivity index (χ0) is 11.5. The maximum Gasteiger partial charge on any atom is 0.133 e. The molecule has 84 valence electrons. The molecule has 1 unspecified atom stereocenters. The minimum Gasteiger partial charge on any atom is -0.496 e. The largest absolute Gasteiger partial charge is 0.496 e. The molecule has 15 heavy (non-hydrogen) atoms. The van der Waals surface area contributed by atoms with E-state index < -0.39 is 5.54 Å². The van der Waals surface area contributed by atoms with Gasteiger partial charge >= 0.3 is 0 Å². The molecule has 0 radical (unpaired) electrons. The number of rotatable bonds is 4. The Balaban J connectivity index is 2.84. The molecule has 3 N–H and O–H groups in total. The molecule has 1 aromatic carbocycles. The van der Waals surface area contributed by atoms with Gasteiger partial charge in [0.05, 0.1) is 18.2 Å². The molecule has 0 aliphatic carbocycles. The van der Waals surface area contributed by atoms with Gasteiger partial charge in [-0.2, -0.15) is 0 Å². The lowest BCUT2D eigenvalue weighted by Crippen LogP contribution is -2.42. The molecule has 0 aliphatic heterocycles. The Bertz CT molecular complexity index is 339. The SMILES string of the molecule is COc1ccc(CC(C)(N)CO)cc1Br. The highest BCUT2D eigenvalue weighted by atomic mass is 79.9. The summed E-state index contributed by atoms with van der Waals surface area (Å²) in [6.07, 6.45) is 0.631. The Morgan fingerprint density at radius 3 is 2.67 bits per heavy atom. The summed E-state index contributed by atoms with van der Waals surface area (Å²) < 4.78 is 6.03. The van der Waals surface area contributed by atoms with Gasteiger partial charge in [0.2, 0.25) is 0 Å². The van der Waals surface area contributed by atoms with E-state index in [9.17, 15) is 0 Å². The van der Waals surface area contributed by atoms with E-state index in [1.54, 1.807) is 7.11 Å². The first-order valence-corrected chi connectivity index (χ1v) is 5.50. The average molecular weight is 274 g/mol. The lowest BCUT2D eigenvalue weighted by atomic mass is 9.95. The van der Waals surface area contributed by atoms with Gasteiger partial charge in [-0.3, -0.25) is 0 Å². The summed E-state index contributed by atoms with van der Waals surface area (Å²) in [6, 6.07) is 5.79. The minimum atomic E-state index is -0.575. The number of ether oxygens (including phenoxy) is 1. The zero-order valence-electron chi connectivity index (χ0n) is 8.96. The topological polar surface area (TPSA) is 55.5 Å². The standard InChI is InChI=1S/C11H16BrNO2/c1-11(13,7-14)6-8-3-4-10(15-2)9(12)5-8/h3-5,14H,6-7,13H2,1-2H3. The predicted molar refractivity (Wildman–Crippen MR) is 64.1 cm³/mol. The number of benzene rings is 1. The van der Waals surface area contributed by atoms with Crippen molar-refractivity contribution in [3.8, 4) is 5.75 Å². The highest BCUT2D eigenvalue weighted by Gasteiger charge is 2.18. The normalized spacial score (nSPS) is 14.7. The van der Waals surface area contributed by atoms with Gasteiger partial charge in [-0.25, -0.2) is 0 Å². The van der Waals surface area contributed by atoms with Gasteiger partial charge in [-0.1, -0.05) is 6.07 Å². The number of aliphatic hydroxyl groups excluding tert-OH is 1. The lowest BCUT2D eigenvalue weighted by Gasteiger charge is -2.21. The Morgan fingerprint density at radius 2 is 2.20 bits per heavy atom. The van der Waals surface area contributed by atoms with Crippen molar-refractivity contribution >= 4 is 15.9 Å². The van der Waals surface area contributed by atoms with E-state index in [2.05, 4.69) is 15.9 Å². The first-order valence-electron chi connectivity index (χ1n) is 4.70. The van der Waals surface area contributed by atoms with Crippen molar-refractivity contribution < 1.29 is 9.84 Å². The van der Waals surface area contributed by atoms with Crippen molar-refractivity contribution in [2.24, 2.45) is 5.73 Å². The molecule has 1 atom stereocenters. The monoisotopic (exact) mass is 273 g/mol. The fourth-order valence-electron chi connectivity index (χ4n) is 1.34. The highest BCUT2D eigenvalue weighted by Crippen LogP contribution is 2.26. The van der Waals surface area contributed by atoms with Gasteiger partial charge in [0.25, 0.3) is 0 Å². The smallest absolute Gasteiger partial charge is 0.133 e. The van der Waals surface area contributed by atoms with Crippen molar-refractivity contribution in [2.45, 2.75) is 18.9 Å². The van der Waals surface area contributed by atoms with Crippen LogP contribution in [0, 0.1) is 0 Å². The van der Waals surface area contributed by atoms with Gasteiger partial charge in [0, 0.05) is 5.54 Å². The quantitative estimate of drug-likeness (QED) is 0.878. The number of halogens is 1. The zero-order valence-corrected chi connectivity index (χ0v) is 10.5. The van der Waals surface area contributed by atoms with E-state index in [1.165, 1.54) is 0 Å². The maximum atomic E-state index is 9.06. The van der Waals surface area contributed by atoms with Gasteiger partial charge in [-0.05, 0) is 47.0 Å². The first-order chi connectivity index (χ1) is 6.98. The van der Waals surface area contributed by atoms with Crippen LogP contribution in [0.4, 0.5) is 0 Å². The second-order valence-electron chi connectivity index (χ2n) is 3.96. The van der Waals surface area contributed by atoms with Crippen LogP contribution in [-0.2, 0) is 6.42 Å². The van der Waals surface area contributed by atoms with E-state index >= 15 is 0 Å². The van der Waals surface area contributed by atoms with Crippen LogP contribution in [0.1, 0.15) is 12.5 Å². The highest BCUT2D eigenvalue weighted by molar-refractivity contribution is 9.10. The molecule has 4 heteroatoms. The third-order valence-corrected chi connectivity index (χ3v) is 2.81. The fourth-order valence-corrected chi connectivity index (χ4v) is 1.93. The van der Waals surface area contributed by atoms with Gasteiger partial charge in [-0.15, -0.1) is 0 Å². The van der Waals surface area contributed by atoms with E-state index in [0.29, 0.717) is 6.42 Å². The molecule has 0 aromatic heterocycles. The van der Waals surface area contributed by atoms with Crippen molar-refractivity contribution in [1.29, 1.82) is 0 Å². The van der Waals surface area contributed by atoms with Gasteiger partial charge in [0.15, 0.2) is 0 Å². The summed E-state index contributed by atoms with van der Waals surface area (Å²) in [5.74, 6) is 0.793. The minimum absolute atomic E-state index is 0.0311. The van der Waals surface area contributed by atoms with Crippen LogP contribution in [0.25, 0.3) is 0 Å². The lowest BCUT2D eigenvalue weighted by molar-refractivity contribution is 0.208. The summed E-state index contributed by atoms with van der Waals surface area (Å²) in [5.41, 5.74) is 6.37. The van der Waals surface area contributed by atoms with Crippen LogP contribution >= 0.6 is 15.9 Å².